The van der Waals surface area contributed by atoms with Crippen LogP contribution in [0.2, 0.25) is 0 Å². The Morgan fingerprint density at radius 2 is 1.83 bits per heavy atom. The summed E-state index contributed by atoms with van der Waals surface area (Å²) < 4.78 is 0. The number of allylic oxidation sites excluding steroid dienone is 2. The number of hydrogen-bond donors (Lipinski definition) is 0. The first-order chi connectivity index (χ1) is 5.77. The van der Waals surface area contributed by atoms with Crippen molar-refractivity contribution in [2.24, 2.45) is 0 Å². The molecule has 1 nitrogen and oxygen atoms in total. The summed E-state index contributed by atoms with van der Waals surface area (Å²) >= 11 is 5.18. The summed E-state index contributed by atoms with van der Waals surface area (Å²) in [4.78, 5) is 10.3. The third kappa shape index (κ3) is 9.70. The number of hydrogen-bond acceptors (Lipinski definition) is 1. The van der Waals surface area contributed by atoms with E-state index in [0.717, 1.165) is 19.3 Å². The topological polar surface area (TPSA) is 17.1 Å². The summed E-state index contributed by atoms with van der Waals surface area (Å²) in [6, 6.07) is 0. The van der Waals surface area contributed by atoms with E-state index in [-0.39, 0.29) is 5.24 Å². The van der Waals surface area contributed by atoms with Gasteiger partial charge in [0.25, 0.3) is 0 Å². The van der Waals surface area contributed by atoms with Gasteiger partial charge in [-0.3, -0.25) is 4.79 Å². The lowest BCUT2D eigenvalue weighted by Crippen LogP contribution is -1.83. The minimum atomic E-state index is -0.225. The SMILES string of the molecule is CCCC/C=C\CCCC(=O)Cl. The Hall–Kier alpha value is -0.300. The molecule has 0 N–H and O–H groups in total. The van der Waals surface area contributed by atoms with Crippen LogP contribution in [0.5, 0.6) is 0 Å². The van der Waals surface area contributed by atoms with Gasteiger partial charge in [-0.1, -0.05) is 31.9 Å². The van der Waals surface area contributed by atoms with E-state index in [9.17, 15) is 4.79 Å². The summed E-state index contributed by atoms with van der Waals surface area (Å²) in [5.41, 5.74) is 0. The molecule has 0 aliphatic rings. The monoisotopic (exact) mass is 188 g/mol. The van der Waals surface area contributed by atoms with E-state index in [1.54, 1.807) is 0 Å². The third-order valence-corrected chi connectivity index (χ3v) is 1.82. The van der Waals surface area contributed by atoms with E-state index < -0.39 is 0 Å². The smallest absolute Gasteiger partial charge is 0.221 e. The molecule has 0 heterocycles. The molecule has 0 rings (SSSR count). The van der Waals surface area contributed by atoms with E-state index in [0.29, 0.717) is 6.42 Å². The van der Waals surface area contributed by atoms with Gasteiger partial charge in [0, 0.05) is 6.42 Å². The Morgan fingerprint density at radius 3 is 2.33 bits per heavy atom. The van der Waals surface area contributed by atoms with Crippen LogP contribution >= 0.6 is 11.6 Å². The van der Waals surface area contributed by atoms with E-state index >= 15 is 0 Å². The second kappa shape index (κ2) is 8.79. The van der Waals surface area contributed by atoms with Crippen molar-refractivity contribution in [3.8, 4) is 0 Å². The van der Waals surface area contributed by atoms with Gasteiger partial charge in [0.1, 0.15) is 0 Å². The van der Waals surface area contributed by atoms with Gasteiger partial charge >= 0.3 is 0 Å². The Bertz CT molecular complexity index is 141. The van der Waals surface area contributed by atoms with Crippen LogP contribution in [-0.4, -0.2) is 5.24 Å². The van der Waals surface area contributed by atoms with Crippen molar-refractivity contribution in [3.63, 3.8) is 0 Å². The van der Waals surface area contributed by atoms with Crippen LogP contribution in [0.3, 0.4) is 0 Å². The normalized spacial score (nSPS) is 10.8. The van der Waals surface area contributed by atoms with Gasteiger partial charge in [0.05, 0.1) is 0 Å². The van der Waals surface area contributed by atoms with E-state index in [1.165, 1.54) is 12.8 Å². The fourth-order valence-corrected chi connectivity index (χ4v) is 1.05. The third-order valence-electron chi connectivity index (χ3n) is 1.64. The fraction of sp³-hybridized carbons (Fsp3) is 0.700. The minimum absolute atomic E-state index is 0.225. The van der Waals surface area contributed by atoms with Crippen LogP contribution in [0.25, 0.3) is 0 Å². The molecule has 0 aliphatic heterocycles. The summed E-state index contributed by atoms with van der Waals surface area (Å²) in [5.74, 6) is 0. The van der Waals surface area contributed by atoms with Crippen LogP contribution in [0, 0.1) is 0 Å². The van der Waals surface area contributed by atoms with Crippen LogP contribution in [0.1, 0.15) is 45.4 Å². The minimum Gasteiger partial charge on any atom is -0.281 e. The lowest BCUT2D eigenvalue weighted by Gasteiger charge is -1.90. The van der Waals surface area contributed by atoms with E-state index in [2.05, 4.69) is 19.1 Å². The average molecular weight is 189 g/mol. The molecule has 0 bridgehead atoms. The molecule has 0 aromatic heterocycles. The maximum absolute atomic E-state index is 10.3. The van der Waals surface area contributed by atoms with Gasteiger partial charge < -0.3 is 0 Å². The first-order valence-corrected chi connectivity index (χ1v) is 4.98. The molecule has 0 unspecified atom stereocenters. The van der Waals surface area contributed by atoms with Crippen LogP contribution in [-0.2, 0) is 4.79 Å². The van der Waals surface area contributed by atoms with Crippen molar-refractivity contribution in [3.05, 3.63) is 12.2 Å². The molecule has 0 saturated heterocycles. The van der Waals surface area contributed by atoms with E-state index in [4.69, 9.17) is 11.6 Å². The van der Waals surface area contributed by atoms with Gasteiger partial charge in [-0.25, -0.2) is 0 Å². The molecule has 12 heavy (non-hydrogen) atoms. The molecule has 2 heteroatoms. The number of halogens is 1. The standard InChI is InChI=1S/C10H17ClO/c1-2-3-4-5-6-7-8-9-10(11)12/h5-6H,2-4,7-9H2,1H3/b6-5-. The van der Waals surface area contributed by atoms with Gasteiger partial charge in [0.2, 0.25) is 5.24 Å². The molecular formula is C10H17ClO. The average Bonchev–Trinajstić information content (AvgIpc) is 2.02. The van der Waals surface area contributed by atoms with Crippen LogP contribution in [0.15, 0.2) is 12.2 Å². The van der Waals surface area contributed by atoms with Crippen molar-refractivity contribution < 1.29 is 4.79 Å². The van der Waals surface area contributed by atoms with Crippen molar-refractivity contribution in [2.45, 2.75) is 45.4 Å². The summed E-state index contributed by atoms with van der Waals surface area (Å²) in [7, 11) is 0. The first-order valence-electron chi connectivity index (χ1n) is 4.60. The number of unbranched alkanes of at least 4 members (excludes halogenated alkanes) is 3. The highest BCUT2D eigenvalue weighted by Crippen LogP contribution is 2.02. The molecule has 0 aliphatic carbocycles. The molecule has 0 aromatic carbocycles. The molecule has 0 amide bonds. The highest BCUT2D eigenvalue weighted by molar-refractivity contribution is 6.63. The predicted molar refractivity (Wildman–Crippen MR) is 53.4 cm³/mol. The summed E-state index contributed by atoms with van der Waals surface area (Å²) in [6.07, 6.45) is 10.3. The highest BCUT2D eigenvalue weighted by atomic mass is 35.5. The maximum atomic E-state index is 10.3. The molecule has 70 valence electrons. The summed E-state index contributed by atoms with van der Waals surface area (Å²) in [6.45, 7) is 2.18. The molecule has 0 aromatic rings. The lowest BCUT2D eigenvalue weighted by atomic mass is 10.2. The Labute approximate surface area is 79.8 Å². The number of carbonyl (C=O) groups is 1. The zero-order valence-corrected chi connectivity index (χ0v) is 8.44. The molecule has 0 spiro atoms. The van der Waals surface area contributed by atoms with Gasteiger partial charge in [-0.05, 0) is 30.9 Å². The number of carbonyl (C=O) groups excluding carboxylic acids is 1. The second-order valence-corrected chi connectivity index (χ2v) is 3.28. The zero-order valence-electron chi connectivity index (χ0n) is 7.68. The van der Waals surface area contributed by atoms with Crippen molar-refractivity contribution in [2.75, 3.05) is 0 Å². The zero-order chi connectivity index (χ0) is 9.23. The second-order valence-electron chi connectivity index (χ2n) is 2.86. The van der Waals surface area contributed by atoms with Crippen molar-refractivity contribution in [1.29, 1.82) is 0 Å². The van der Waals surface area contributed by atoms with Gasteiger partial charge in [-0.2, -0.15) is 0 Å². The van der Waals surface area contributed by atoms with Crippen molar-refractivity contribution in [1.82, 2.24) is 0 Å². The molecule has 0 radical (unpaired) electrons. The Morgan fingerprint density at radius 1 is 1.25 bits per heavy atom. The quantitative estimate of drug-likeness (QED) is 0.339. The van der Waals surface area contributed by atoms with Crippen molar-refractivity contribution >= 4 is 16.8 Å². The van der Waals surface area contributed by atoms with Gasteiger partial charge in [-0.15, -0.1) is 0 Å². The molecule has 0 fully saturated rings. The first kappa shape index (κ1) is 11.7. The summed E-state index contributed by atoms with van der Waals surface area (Å²) in [5, 5.41) is -0.225. The van der Waals surface area contributed by atoms with E-state index in [1.807, 2.05) is 0 Å². The Balaban J connectivity index is 3.08. The lowest BCUT2D eigenvalue weighted by molar-refractivity contribution is -0.111. The maximum Gasteiger partial charge on any atom is 0.221 e. The fourth-order valence-electron chi connectivity index (χ4n) is 0.917. The molecule has 0 saturated carbocycles. The van der Waals surface area contributed by atoms with Gasteiger partial charge in [0.15, 0.2) is 0 Å². The predicted octanol–water partition coefficient (Wildman–Crippen LogP) is 3.67. The molecular weight excluding hydrogens is 172 g/mol. The molecule has 0 atom stereocenters. The number of rotatable bonds is 7. The van der Waals surface area contributed by atoms with Crippen LogP contribution < -0.4 is 0 Å². The Kier molecular flexibility index (Phi) is 8.57. The largest absolute Gasteiger partial charge is 0.281 e. The van der Waals surface area contributed by atoms with Crippen LogP contribution in [0.4, 0.5) is 0 Å². The highest BCUT2D eigenvalue weighted by Gasteiger charge is 1.92.